The molecule has 1 aromatic carbocycles. The molecule has 0 aliphatic carbocycles. The first-order valence-corrected chi connectivity index (χ1v) is 5.43. The third kappa shape index (κ3) is 6.84. The number of hydrogen-bond acceptors (Lipinski definition) is 2. The van der Waals surface area contributed by atoms with Gasteiger partial charge in [0.05, 0.1) is 0 Å². The van der Waals surface area contributed by atoms with Gasteiger partial charge < -0.3 is 15.8 Å². The van der Waals surface area contributed by atoms with Crippen LogP contribution in [0, 0.1) is 6.07 Å². The molecule has 0 spiro atoms. The van der Waals surface area contributed by atoms with E-state index in [-0.39, 0.29) is 21.1 Å². The number of benzene rings is 1. The van der Waals surface area contributed by atoms with Crippen molar-refractivity contribution >= 4 is 5.97 Å². The van der Waals surface area contributed by atoms with E-state index in [2.05, 4.69) is 11.1 Å². The van der Waals surface area contributed by atoms with Crippen LogP contribution in [0.5, 0.6) is 0 Å². The molecule has 0 fully saturated rings. The Kier molecular flexibility index (Phi) is 8.67. The van der Waals surface area contributed by atoms with E-state index in [0.717, 1.165) is 11.3 Å². The van der Waals surface area contributed by atoms with Crippen LogP contribution >= 0.6 is 0 Å². The maximum atomic E-state index is 9.51. The molecule has 0 saturated heterocycles. The summed E-state index contributed by atoms with van der Waals surface area (Å²) in [6.45, 7) is 1.31. The summed E-state index contributed by atoms with van der Waals surface area (Å²) in [5, 5.41) is 7.80. The third-order valence-corrected chi connectivity index (χ3v) is 2.02. The number of hydrogen-bond donors (Lipinski definition) is 1. The molecule has 102 valence electrons. The van der Waals surface area contributed by atoms with Crippen molar-refractivity contribution in [2.45, 2.75) is 13.0 Å². The van der Waals surface area contributed by atoms with Crippen molar-refractivity contribution in [1.82, 2.24) is 4.98 Å². The fourth-order valence-corrected chi connectivity index (χ4v) is 1.07. The van der Waals surface area contributed by atoms with Crippen LogP contribution in [0.25, 0.3) is 17.0 Å². The molecule has 0 saturated carbocycles. The largest absolute Gasteiger partial charge is 2.00 e. The summed E-state index contributed by atoms with van der Waals surface area (Å²) in [7, 11) is 0. The monoisotopic (exact) mass is 437 g/mol. The van der Waals surface area contributed by atoms with E-state index < -0.39 is 12.0 Å². The Hall–Kier alpha value is -1.51. The van der Waals surface area contributed by atoms with Gasteiger partial charge in [0.2, 0.25) is 0 Å². The molecule has 5 heteroatoms. The summed E-state index contributed by atoms with van der Waals surface area (Å²) in [6, 6.07) is 15.8. The van der Waals surface area contributed by atoms with Crippen LogP contribution in [0.4, 0.5) is 0 Å². The number of nitrogens with one attached hydrogen (secondary N) is 1. The van der Waals surface area contributed by atoms with E-state index in [1.165, 1.54) is 6.92 Å². The van der Waals surface area contributed by atoms with Gasteiger partial charge in [0.1, 0.15) is 0 Å². The van der Waals surface area contributed by atoms with Crippen molar-refractivity contribution in [2.24, 2.45) is 0 Å². The molecule has 0 amide bonds. The Balaban J connectivity index is 0.000000404. The smallest absolute Gasteiger partial charge is 0.666 e. The second kappa shape index (κ2) is 9.42. The van der Waals surface area contributed by atoms with Crippen molar-refractivity contribution in [1.29, 1.82) is 0 Å². The summed E-state index contributed by atoms with van der Waals surface area (Å²) in [4.78, 5) is 13.7. The molecule has 0 aliphatic heterocycles. The fraction of sp³-hybridized carbons (Fsp3) is 0.143. The minimum absolute atomic E-state index is 0. The zero-order valence-electron chi connectivity index (χ0n) is 10.3. The van der Waals surface area contributed by atoms with Crippen LogP contribution in [0.2, 0.25) is 0 Å². The van der Waals surface area contributed by atoms with Crippen molar-refractivity contribution in [3.05, 3.63) is 60.5 Å². The Morgan fingerprint density at radius 2 is 1.95 bits per heavy atom. The van der Waals surface area contributed by atoms with Crippen LogP contribution in [0.1, 0.15) is 6.92 Å². The number of carboxylic acid groups (broad SMARTS) is 1. The van der Waals surface area contributed by atoms with Crippen molar-refractivity contribution in [3.63, 3.8) is 0 Å². The SMILES string of the molecule is C[C@H]([NH-])C(=O)O.[Pt+2].[c-]1ccccc1-c1ccccn1. The van der Waals surface area contributed by atoms with Crippen LogP contribution in [0.3, 0.4) is 0 Å². The number of carbonyl (C=O) groups is 1. The van der Waals surface area contributed by atoms with Crippen LogP contribution < -0.4 is 0 Å². The zero-order chi connectivity index (χ0) is 13.4. The van der Waals surface area contributed by atoms with Gasteiger partial charge >= 0.3 is 21.1 Å². The maximum absolute atomic E-state index is 9.51. The quantitative estimate of drug-likeness (QED) is 0.734. The van der Waals surface area contributed by atoms with Crippen LogP contribution in [-0.4, -0.2) is 22.1 Å². The molecule has 4 nitrogen and oxygen atoms in total. The van der Waals surface area contributed by atoms with Crippen molar-refractivity contribution in [2.75, 3.05) is 0 Å². The van der Waals surface area contributed by atoms with Gasteiger partial charge in [-0.05, 0) is 17.8 Å². The Bertz CT molecular complexity index is 438. The number of aromatic nitrogens is 1. The summed E-state index contributed by atoms with van der Waals surface area (Å²) in [6.07, 6.45) is 1.79. The Morgan fingerprint density at radius 3 is 2.37 bits per heavy atom. The molecule has 0 unspecified atom stereocenters. The predicted molar refractivity (Wildman–Crippen MR) is 69.9 cm³/mol. The van der Waals surface area contributed by atoms with Gasteiger partial charge in [-0.15, -0.1) is 35.9 Å². The van der Waals surface area contributed by atoms with Gasteiger partial charge in [-0.2, -0.15) is 0 Å². The van der Waals surface area contributed by atoms with E-state index in [4.69, 9.17) is 10.8 Å². The van der Waals surface area contributed by atoms with E-state index in [1.54, 1.807) is 6.20 Å². The molecule has 0 radical (unpaired) electrons. The zero-order valence-corrected chi connectivity index (χ0v) is 12.6. The van der Waals surface area contributed by atoms with E-state index in [9.17, 15) is 4.79 Å². The van der Waals surface area contributed by atoms with Crippen molar-refractivity contribution < 1.29 is 31.0 Å². The Morgan fingerprint density at radius 1 is 1.32 bits per heavy atom. The number of aliphatic carboxylic acids is 1. The second-order valence-electron chi connectivity index (χ2n) is 3.55. The molecule has 1 aromatic heterocycles. The first-order chi connectivity index (χ1) is 8.61. The molecular formula is C14H14N2O2Pt. The summed E-state index contributed by atoms with van der Waals surface area (Å²) < 4.78 is 0. The average molecular weight is 437 g/mol. The first kappa shape index (κ1) is 17.5. The van der Waals surface area contributed by atoms with Gasteiger partial charge in [0, 0.05) is 6.20 Å². The van der Waals surface area contributed by atoms with E-state index in [0.29, 0.717) is 0 Å². The molecule has 0 aliphatic rings. The third-order valence-electron chi connectivity index (χ3n) is 2.02. The number of rotatable bonds is 2. The maximum Gasteiger partial charge on any atom is 2.00 e. The molecule has 2 rings (SSSR count). The number of nitrogens with zero attached hydrogens (tertiary/aromatic N) is 1. The normalized spacial score (nSPS) is 10.4. The molecule has 0 bridgehead atoms. The van der Waals surface area contributed by atoms with Crippen LogP contribution in [-0.2, 0) is 25.9 Å². The Labute approximate surface area is 126 Å². The second-order valence-corrected chi connectivity index (χ2v) is 3.55. The summed E-state index contributed by atoms with van der Waals surface area (Å²) >= 11 is 0. The van der Waals surface area contributed by atoms with Gasteiger partial charge in [-0.3, -0.25) is 4.79 Å². The minimum Gasteiger partial charge on any atom is -0.666 e. The summed E-state index contributed by atoms with van der Waals surface area (Å²) in [5.41, 5.74) is 8.44. The van der Waals surface area contributed by atoms with Crippen molar-refractivity contribution in [3.8, 4) is 11.3 Å². The molecule has 2 aromatic rings. The van der Waals surface area contributed by atoms with Gasteiger partial charge in [-0.25, -0.2) is 0 Å². The molecule has 19 heavy (non-hydrogen) atoms. The topological polar surface area (TPSA) is 74.0 Å². The van der Waals surface area contributed by atoms with E-state index >= 15 is 0 Å². The molecule has 2 N–H and O–H groups in total. The average Bonchev–Trinajstić information content (AvgIpc) is 2.41. The van der Waals surface area contributed by atoms with E-state index in [1.807, 2.05) is 42.5 Å². The first-order valence-electron chi connectivity index (χ1n) is 5.43. The predicted octanol–water partition coefficient (Wildman–Crippen LogP) is 3.06. The molecular weight excluding hydrogens is 423 g/mol. The standard InChI is InChI=1S/C11H8N.C3H6NO2.Pt/c1-2-6-10(7-3-1)11-8-4-5-9-12-11;1-2(4)3(5)6;/h1-6,8-9H;2,4H,1H3,(H,5,6);/q2*-1;+2/t;2-;/m.0./s1. The van der Waals surface area contributed by atoms with Gasteiger partial charge in [-0.1, -0.05) is 19.1 Å². The van der Waals surface area contributed by atoms with Crippen LogP contribution in [0.15, 0.2) is 48.7 Å². The molecule has 1 heterocycles. The fourth-order valence-electron chi connectivity index (χ4n) is 1.07. The van der Waals surface area contributed by atoms with Gasteiger partial charge in [0.25, 0.3) is 5.97 Å². The van der Waals surface area contributed by atoms with Gasteiger partial charge in [0.15, 0.2) is 0 Å². The minimum atomic E-state index is -1.07. The molecule has 1 atom stereocenters. The number of pyridine rings is 1. The summed E-state index contributed by atoms with van der Waals surface area (Å²) in [5.74, 6) is -1.07. The number of carboxylic acids is 1.